The third-order valence-corrected chi connectivity index (χ3v) is 5.59. The Kier molecular flexibility index (Phi) is 5.07. The van der Waals surface area contributed by atoms with Gasteiger partial charge in [0.25, 0.3) is 5.91 Å². The number of aromatic nitrogens is 1. The Morgan fingerprint density at radius 3 is 2.70 bits per heavy atom. The van der Waals surface area contributed by atoms with E-state index in [0.717, 1.165) is 10.9 Å². The molecular weight excluding hydrogens is 384 g/mol. The fourth-order valence-electron chi connectivity index (χ4n) is 4.01. The van der Waals surface area contributed by atoms with Crippen LogP contribution in [0.25, 0.3) is 10.9 Å². The minimum absolute atomic E-state index is 0.180. The summed E-state index contributed by atoms with van der Waals surface area (Å²) in [4.78, 5) is 40.0. The first-order valence-electron chi connectivity index (χ1n) is 9.91. The molecule has 0 aliphatic carbocycles. The Morgan fingerprint density at radius 2 is 1.97 bits per heavy atom. The van der Waals surface area contributed by atoms with Gasteiger partial charge in [0.15, 0.2) is 0 Å². The molecule has 0 fully saturated rings. The van der Waals surface area contributed by atoms with Gasteiger partial charge in [-0.05, 0) is 38.1 Å². The topological polar surface area (TPSA) is 96.6 Å². The number of para-hydroxylation sites is 1. The molecule has 3 aromatic rings. The van der Waals surface area contributed by atoms with Crippen LogP contribution in [0.3, 0.4) is 0 Å². The van der Waals surface area contributed by atoms with Crippen LogP contribution in [0.5, 0.6) is 0 Å². The number of hydrogen-bond donors (Lipinski definition) is 2. The van der Waals surface area contributed by atoms with Crippen molar-refractivity contribution in [2.45, 2.75) is 32.5 Å². The van der Waals surface area contributed by atoms with E-state index in [0.29, 0.717) is 24.5 Å². The Balaban J connectivity index is 1.50. The highest BCUT2D eigenvalue weighted by molar-refractivity contribution is 6.04. The maximum atomic E-state index is 13.1. The minimum Gasteiger partial charge on any atom is -0.467 e. The standard InChI is InChI=1S/C22H24N4O4/c1-3-26-20(28)18-11-15-7-4-5-9-17(15)25(18)14-22(26,2)21(29)24-13-19(27)23-12-16-8-6-10-30-16/h4-11H,3,12-14H2,1-2H3,(H,23,27)(H,24,29)/t22-/m1/s1. The summed E-state index contributed by atoms with van der Waals surface area (Å²) in [6.07, 6.45) is 1.53. The summed E-state index contributed by atoms with van der Waals surface area (Å²) >= 11 is 0. The zero-order valence-electron chi connectivity index (χ0n) is 17.0. The number of fused-ring (bicyclic) bond motifs is 3. The van der Waals surface area contributed by atoms with E-state index in [-0.39, 0.29) is 30.8 Å². The number of amides is 3. The van der Waals surface area contributed by atoms with Crippen LogP contribution in [0.4, 0.5) is 0 Å². The third-order valence-electron chi connectivity index (χ3n) is 5.59. The van der Waals surface area contributed by atoms with Crippen molar-refractivity contribution in [3.8, 4) is 0 Å². The molecule has 1 aliphatic heterocycles. The minimum atomic E-state index is -1.11. The number of rotatable bonds is 6. The van der Waals surface area contributed by atoms with Crippen LogP contribution in [-0.2, 0) is 22.7 Å². The molecule has 0 spiro atoms. The molecule has 3 heterocycles. The molecule has 0 unspecified atom stereocenters. The lowest BCUT2D eigenvalue weighted by atomic mass is 9.95. The van der Waals surface area contributed by atoms with E-state index in [1.54, 1.807) is 24.0 Å². The van der Waals surface area contributed by atoms with Gasteiger partial charge < -0.3 is 24.5 Å². The van der Waals surface area contributed by atoms with Crippen molar-refractivity contribution in [1.82, 2.24) is 20.1 Å². The van der Waals surface area contributed by atoms with Crippen molar-refractivity contribution in [1.29, 1.82) is 0 Å². The summed E-state index contributed by atoms with van der Waals surface area (Å²) in [6, 6.07) is 13.1. The number of hydrogen-bond acceptors (Lipinski definition) is 4. The second kappa shape index (κ2) is 7.70. The highest BCUT2D eigenvalue weighted by Gasteiger charge is 2.46. The fourth-order valence-corrected chi connectivity index (χ4v) is 4.01. The van der Waals surface area contributed by atoms with Gasteiger partial charge in [-0.1, -0.05) is 18.2 Å². The normalized spacial score (nSPS) is 18.3. The number of carbonyl (C=O) groups is 3. The molecule has 1 aliphatic rings. The fraction of sp³-hybridized carbons (Fsp3) is 0.318. The summed E-state index contributed by atoms with van der Waals surface area (Å²) < 4.78 is 7.06. The van der Waals surface area contributed by atoms with Crippen molar-refractivity contribution in [3.63, 3.8) is 0 Å². The van der Waals surface area contributed by atoms with E-state index < -0.39 is 5.54 Å². The second-order valence-electron chi connectivity index (χ2n) is 7.54. The van der Waals surface area contributed by atoms with Crippen LogP contribution < -0.4 is 10.6 Å². The molecule has 3 amide bonds. The molecule has 1 aromatic carbocycles. The summed E-state index contributed by atoms with van der Waals surface area (Å²) in [6.45, 7) is 4.35. The molecule has 30 heavy (non-hydrogen) atoms. The molecule has 0 bridgehead atoms. The molecule has 2 N–H and O–H groups in total. The zero-order valence-corrected chi connectivity index (χ0v) is 17.0. The summed E-state index contributed by atoms with van der Waals surface area (Å²) in [5.41, 5.74) is 0.369. The largest absolute Gasteiger partial charge is 0.467 e. The predicted molar refractivity (Wildman–Crippen MR) is 111 cm³/mol. The number of likely N-dealkylation sites (N-methyl/N-ethyl adjacent to an activating group) is 1. The SMILES string of the molecule is CCN1C(=O)c2cc3ccccc3n2C[C@]1(C)C(=O)NCC(=O)NCc1ccco1. The molecular formula is C22H24N4O4. The molecule has 4 rings (SSSR count). The Bertz CT molecular complexity index is 1100. The van der Waals surface area contributed by atoms with Gasteiger partial charge >= 0.3 is 0 Å². The Labute approximate surface area is 173 Å². The average molecular weight is 408 g/mol. The summed E-state index contributed by atoms with van der Waals surface area (Å²) in [5.74, 6) is -0.265. The van der Waals surface area contributed by atoms with Gasteiger partial charge in [-0.25, -0.2) is 0 Å². The van der Waals surface area contributed by atoms with Crippen molar-refractivity contribution in [3.05, 3.63) is 60.2 Å². The van der Waals surface area contributed by atoms with Crippen LogP contribution in [0.15, 0.2) is 53.1 Å². The first-order chi connectivity index (χ1) is 14.4. The molecule has 0 saturated carbocycles. The monoisotopic (exact) mass is 408 g/mol. The zero-order chi connectivity index (χ0) is 21.3. The van der Waals surface area contributed by atoms with E-state index in [1.165, 1.54) is 6.26 Å². The Hall–Kier alpha value is -3.55. The number of benzene rings is 1. The molecule has 0 saturated heterocycles. The van der Waals surface area contributed by atoms with Crippen LogP contribution in [0, 0.1) is 0 Å². The first-order valence-corrected chi connectivity index (χ1v) is 9.91. The van der Waals surface area contributed by atoms with Gasteiger partial charge in [0.2, 0.25) is 11.8 Å². The quantitative estimate of drug-likeness (QED) is 0.651. The van der Waals surface area contributed by atoms with Crippen molar-refractivity contribution >= 4 is 28.6 Å². The summed E-state index contributed by atoms with van der Waals surface area (Å²) in [5, 5.41) is 6.34. The van der Waals surface area contributed by atoms with Crippen LogP contribution in [0.2, 0.25) is 0 Å². The highest BCUT2D eigenvalue weighted by atomic mass is 16.3. The van der Waals surface area contributed by atoms with E-state index in [4.69, 9.17) is 4.42 Å². The number of furan rings is 1. The molecule has 8 nitrogen and oxygen atoms in total. The summed E-state index contributed by atoms with van der Waals surface area (Å²) in [7, 11) is 0. The van der Waals surface area contributed by atoms with E-state index in [9.17, 15) is 14.4 Å². The van der Waals surface area contributed by atoms with Gasteiger partial charge in [0.05, 0.1) is 25.9 Å². The van der Waals surface area contributed by atoms with Crippen LogP contribution in [-0.4, -0.2) is 45.8 Å². The molecule has 156 valence electrons. The Morgan fingerprint density at radius 1 is 1.17 bits per heavy atom. The van der Waals surface area contributed by atoms with Gasteiger partial charge in [-0.2, -0.15) is 0 Å². The first kappa shape index (κ1) is 19.8. The number of nitrogens with zero attached hydrogens (tertiary/aromatic N) is 2. The van der Waals surface area contributed by atoms with E-state index >= 15 is 0 Å². The van der Waals surface area contributed by atoms with Gasteiger partial charge in [0, 0.05) is 17.4 Å². The van der Waals surface area contributed by atoms with E-state index in [1.807, 2.05) is 41.8 Å². The van der Waals surface area contributed by atoms with Gasteiger partial charge in [-0.15, -0.1) is 0 Å². The molecule has 0 radical (unpaired) electrons. The van der Waals surface area contributed by atoms with Crippen molar-refractivity contribution in [2.75, 3.05) is 13.1 Å². The van der Waals surface area contributed by atoms with E-state index in [2.05, 4.69) is 10.6 Å². The molecule has 8 heteroatoms. The maximum absolute atomic E-state index is 13.1. The highest BCUT2D eigenvalue weighted by Crippen LogP contribution is 2.32. The lowest BCUT2D eigenvalue weighted by Crippen LogP contribution is -2.64. The lowest BCUT2D eigenvalue weighted by molar-refractivity contribution is -0.134. The van der Waals surface area contributed by atoms with Gasteiger partial charge in [-0.3, -0.25) is 14.4 Å². The molecule has 1 atom stereocenters. The maximum Gasteiger partial charge on any atom is 0.271 e. The molecule has 2 aromatic heterocycles. The smallest absolute Gasteiger partial charge is 0.271 e. The lowest BCUT2D eigenvalue weighted by Gasteiger charge is -2.43. The predicted octanol–water partition coefficient (Wildman–Crippen LogP) is 1.90. The number of carbonyl (C=O) groups excluding carboxylic acids is 3. The van der Waals surface area contributed by atoms with Gasteiger partial charge in [0.1, 0.15) is 17.0 Å². The van der Waals surface area contributed by atoms with Crippen LogP contribution in [0.1, 0.15) is 30.1 Å². The van der Waals surface area contributed by atoms with Crippen molar-refractivity contribution in [2.24, 2.45) is 0 Å². The second-order valence-corrected chi connectivity index (χ2v) is 7.54. The average Bonchev–Trinajstić information content (AvgIpc) is 3.39. The number of nitrogens with one attached hydrogen (secondary N) is 2. The van der Waals surface area contributed by atoms with Crippen molar-refractivity contribution < 1.29 is 18.8 Å². The third kappa shape index (κ3) is 3.34. The van der Waals surface area contributed by atoms with Crippen LogP contribution >= 0.6 is 0 Å².